The van der Waals surface area contributed by atoms with Crippen LogP contribution in [-0.2, 0) is 25.7 Å². The molecule has 0 aliphatic heterocycles. The van der Waals surface area contributed by atoms with Gasteiger partial charge in [-0.05, 0) is 38.8 Å². The van der Waals surface area contributed by atoms with Crippen molar-refractivity contribution in [1.82, 2.24) is 15.5 Å². The number of alkyl carbamates (subject to hydrolysis) is 1. The highest BCUT2D eigenvalue weighted by molar-refractivity contribution is 5.94. The van der Waals surface area contributed by atoms with Crippen molar-refractivity contribution in [2.24, 2.45) is 5.73 Å². The van der Waals surface area contributed by atoms with Gasteiger partial charge in [-0.25, -0.2) is 4.79 Å². The van der Waals surface area contributed by atoms with Crippen molar-refractivity contribution < 1.29 is 23.9 Å². The van der Waals surface area contributed by atoms with Gasteiger partial charge in [0, 0.05) is 13.6 Å². The molecule has 9 heteroatoms. The van der Waals surface area contributed by atoms with E-state index in [1.807, 2.05) is 43.3 Å². The number of nitrogens with one attached hydrogen (secondary N) is 2. The van der Waals surface area contributed by atoms with Gasteiger partial charge in [0.25, 0.3) is 0 Å². The molecule has 0 aliphatic rings. The largest absolute Gasteiger partial charge is 0.444 e. The van der Waals surface area contributed by atoms with E-state index < -0.39 is 47.9 Å². The van der Waals surface area contributed by atoms with E-state index in [0.29, 0.717) is 5.56 Å². The summed E-state index contributed by atoms with van der Waals surface area (Å²) in [6.45, 7) is 7.17. The monoisotopic (exact) mass is 482 g/mol. The molecule has 0 spiro atoms. The van der Waals surface area contributed by atoms with Crippen LogP contribution in [0.5, 0.6) is 0 Å². The molecule has 4 N–H and O–H groups in total. The van der Waals surface area contributed by atoms with Gasteiger partial charge in [0.05, 0.1) is 6.42 Å². The highest BCUT2D eigenvalue weighted by Gasteiger charge is 2.34. The Labute approximate surface area is 206 Å². The number of ether oxygens (including phenoxy) is 1. The number of carbonyl (C=O) groups is 4. The topological polar surface area (TPSA) is 131 Å². The predicted octanol–water partition coefficient (Wildman–Crippen LogP) is 2.58. The average Bonchev–Trinajstić information content (AvgIpc) is 2.76. The summed E-state index contributed by atoms with van der Waals surface area (Å²) in [6, 6.07) is 14.3. The Morgan fingerprint density at radius 2 is 1.69 bits per heavy atom. The number of nitrogens with zero attached hydrogens (tertiary/aromatic N) is 1. The van der Waals surface area contributed by atoms with Gasteiger partial charge in [-0.15, -0.1) is 0 Å². The summed E-state index contributed by atoms with van der Waals surface area (Å²) in [5.41, 5.74) is 6.92. The minimum absolute atomic E-state index is 0.269. The van der Waals surface area contributed by atoms with Gasteiger partial charge >= 0.3 is 6.09 Å². The number of likely N-dealkylation sites (N-methyl/N-ethyl adjacent to an activating group) is 1. The Morgan fingerprint density at radius 3 is 2.26 bits per heavy atom. The third-order valence-electron chi connectivity index (χ3n) is 5.05. The Hall–Kier alpha value is -3.88. The van der Waals surface area contributed by atoms with Crippen LogP contribution in [0.1, 0.15) is 49.9 Å². The van der Waals surface area contributed by atoms with Crippen molar-refractivity contribution in [2.45, 2.75) is 58.3 Å². The Morgan fingerprint density at radius 1 is 1.03 bits per heavy atom. The maximum absolute atomic E-state index is 13.4. The fraction of sp³-hybridized carbons (Fsp3) is 0.385. The average molecular weight is 483 g/mol. The van der Waals surface area contributed by atoms with Crippen molar-refractivity contribution >= 4 is 23.8 Å². The first-order valence-electron chi connectivity index (χ1n) is 11.3. The van der Waals surface area contributed by atoms with Crippen molar-refractivity contribution in [3.8, 4) is 0 Å². The molecule has 188 valence electrons. The number of carbonyl (C=O) groups excluding carboxylic acids is 4. The minimum atomic E-state index is -1.30. The van der Waals surface area contributed by atoms with E-state index in [2.05, 4.69) is 10.6 Å². The molecule has 0 bridgehead atoms. The van der Waals surface area contributed by atoms with Crippen molar-refractivity contribution in [3.05, 3.63) is 71.3 Å². The normalized spacial score (nSPS) is 12.7. The van der Waals surface area contributed by atoms with Crippen molar-refractivity contribution in [1.29, 1.82) is 0 Å². The summed E-state index contributed by atoms with van der Waals surface area (Å²) < 4.78 is 5.22. The number of aryl methyl sites for hydroxylation is 1. The third kappa shape index (κ3) is 8.77. The molecule has 2 aromatic carbocycles. The number of hydrogen-bond acceptors (Lipinski definition) is 5. The molecule has 0 radical (unpaired) electrons. The molecule has 0 saturated heterocycles. The van der Waals surface area contributed by atoms with Crippen LogP contribution in [-0.4, -0.2) is 47.4 Å². The van der Waals surface area contributed by atoms with Crippen LogP contribution < -0.4 is 16.4 Å². The molecule has 4 amide bonds. The van der Waals surface area contributed by atoms with Crippen LogP contribution in [0.3, 0.4) is 0 Å². The fourth-order valence-electron chi connectivity index (χ4n) is 3.50. The van der Waals surface area contributed by atoms with Crippen LogP contribution in [0, 0.1) is 6.92 Å². The Kier molecular flexibility index (Phi) is 9.39. The number of hydrogen-bond donors (Lipinski definition) is 3. The SMILES string of the molecule is Cc1cccc(C(C(=O)NCc2ccccc2)N(C)C(=O)C(CC(N)=O)NC(=O)OC(C)(C)C)c1. The predicted molar refractivity (Wildman–Crippen MR) is 132 cm³/mol. The Bertz CT molecular complexity index is 1050. The summed E-state index contributed by atoms with van der Waals surface area (Å²) in [5.74, 6) is -1.85. The molecule has 0 aliphatic carbocycles. The molecular weight excluding hydrogens is 448 g/mol. The summed E-state index contributed by atoms with van der Waals surface area (Å²) in [7, 11) is 1.45. The molecule has 2 aromatic rings. The molecule has 2 unspecified atom stereocenters. The zero-order valence-corrected chi connectivity index (χ0v) is 20.8. The lowest BCUT2D eigenvalue weighted by atomic mass is 10.0. The van der Waals surface area contributed by atoms with Crippen molar-refractivity contribution in [2.75, 3.05) is 7.05 Å². The van der Waals surface area contributed by atoms with Crippen LogP contribution in [0.15, 0.2) is 54.6 Å². The molecule has 35 heavy (non-hydrogen) atoms. The summed E-state index contributed by atoms with van der Waals surface area (Å²) >= 11 is 0. The summed E-state index contributed by atoms with van der Waals surface area (Å²) in [6.07, 6.45) is -1.32. The standard InChI is InChI=1S/C26H34N4O5/c1-17-10-9-13-19(14-17)22(23(32)28-16-18-11-7-6-8-12-18)30(5)24(33)20(15-21(27)31)29-25(34)35-26(2,3)4/h6-14,20,22H,15-16H2,1-5H3,(H2,27,31)(H,28,32)(H,29,34). The number of nitrogens with two attached hydrogens (primary N) is 1. The quantitative estimate of drug-likeness (QED) is 0.506. The van der Waals surface area contributed by atoms with Gasteiger partial charge in [0.2, 0.25) is 17.7 Å². The maximum Gasteiger partial charge on any atom is 0.408 e. The minimum Gasteiger partial charge on any atom is -0.444 e. The second kappa shape index (κ2) is 12.0. The first kappa shape index (κ1) is 27.4. The molecule has 0 fully saturated rings. The smallest absolute Gasteiger partial charge is 0.408 e. The molecule has 0 heterocycles. The van der Waals surface area contributed by atoms with Gasteiger partial charge in [-0.1, -0.05) is 60.2 Å². The number of primary amides is 1. The summed E-state index contributed by atoms with van der Waals surface area (Å²) in [4.78, 5) is 51.9. The first-order valence-corrected chi connectivity index (χ1v) is 11.3. The van der Waals surface area contributed by atoms with Gasteiger partial charge in [-0.2, -0.15) is 0 Å². The van der Waals surface area contributed by atoms with Crippen LogP contribution in [0.25, 0.3) is 0 Å². The highest BCUT2D eigenvalue weighted by Crippen LogP contribution is 2.23. The lowest BCUT2D eigenvalue weighted by Gasteiger charge is -2.31. The second-order valence-corrected chi connectivity index (χ2v) is 9.34. The van der Waals surface area contributed by atoms with Crippen LogP contribution in [0.4, 0.5) is 4.79 Å². The molecule has 2 rings (SSSR count). The number of amides is 4. The van der Waals surface area contributed by atoms with Crippen LogP contribution in [0.2, 0.25) is 0 Å². The van der Waals surface area contributed by atoms with Gasteiger partial charge in [0.15, 0.2) is 0 Å². The van der Waals surface area contributed by atoms with Gasteiger partial charge in [0.1, 0.15) is 17.7 Å². The van der Waals surface area contributed by atoms with E-state index in [4.69, 9.17) is 10.5 Å². The number of rotatable bonds is 9. The van der Waals surface area contributed by atoms with E-state index >= 15 is 0 Å². The fourth-order valence-corrected chi connectivity index (χ4v) is 3.50. The van der Waals surface area contributed by atoms with E-state index in [-0.39, 0.29) is 6.54 Å². The zero-order chi connectivity index (χ0) is 26.2. The maximum atomic E-state index is 13.4. The van der Waals surface area contributed by atoms with Crippen molar-refractivity contribution in [3.63, 3.8) is 0 Å². The zero-order valence-electron chi connectivity index (χ0n) is 20.8. The van der Waals surface area contributed by atoms with Gasteiger partial charge < -0.3 is 26.0 Å². The van der Waals surface area contributed by atoms with E-state index in [0.717, 1.165) is 11.1 Å². The molecule has 9 nitrogen and oxygen atoms in total. The molecule has 0 aromatic heterocycles. The second-order valence-electron chi connectivity index (χ2n) is 9.34. The van der Waals surface area contributed by atoms with E-state index in [9.17, 15) is 19.2 Å². The third-order valence-corrected chi connectivity index (χ3v) is 5.05. The van der Waals surface area contributed by atoms with Gasteiger partial charge in [-0.3, -0.25) is 14.4 Å². The number of benzene rings is 2. The molecule has 0 saturated carbocycles. The van der Waals surface area contributed by atoms with E-state index in [1.165, 1.54) is 11.9 Å². The summed E-state index contributed by atoms with van der Waals surface area (Å²) in [5, 5.41) is 5.28. The molecule has 2 atom stereocenters. The lowest BCUT2D eigenvalue weighted by Crippen LogP contribution is -2.52. The lowest BCUT2D eigenvalue weighted by molar-refractivity contribution is -0.141. The van der Waals surface area contributed by atoms with Crippen LogP contribution >= 0.6 is 0 Å². The first-order chi connectivity index (χ1) is 16.4. The molecular formula is C26H34N4O5. The Balaban J connectivity index is 2.31. The van der Waals surface area contributed by atoms with E-state index in [1.54, 1.807) is 39.0 Å². The highest BCUT2D eigenvalue weighted by atomic mass is 16.6.